The Morgan fingerprint density at radius 2 is 1.80 bits per heavy atom. The molecule has 0 bridgehead atoms. The minimum absolute atomic E-state index is 0.00972. The van der Waals surface area contributed by atoms with Crippen molar-refractivity contribution in [1.29, 1.82) is 0 Å². The Kier molecular flexibility index (Phi) is 5.26. The van der Waals surface area contributed by atoms with Crippen LogP contribution in [0.3, 0.4) is 0 Å². The van der Waals surface area contributed by atoms with Gasteiger partial charge in [0, 0.05) is 12.6 Å². The summed E-state index contributed by atoms with van der Waals surface area (Å²) in [6.07, 6.45) is 3.43. The summed E-state index contributed by atoms with van der Waals surface area (Å²) in [7, 11) is 0. The van der Waals surface area contributed by atoms with Crippen molar-refractivity contribution in [3.63, 3.8) is 0 Å². The molecule has 132 valence electrons. The van der Waals surface area contributed by atoms with Gasteiger partial charge in [0.25, 0.3) is 0 Å². The van der Waals surface area contributed by atoms with E-state index in [0.717, 1.165) is 37.0 Å². The minimum atomic E-state index is -1.59. The molecule has 1 N–H and O–H groups in total. The second kappa shape index (κ2) is 7.59. The SMILES string of the molecule is O=C(Nc1ccc(F)c(F)c1F)N1CCCCC1Cc1ccccc1. The van der Waals surface area contributed by atoms with Gasteiger partial charge in [-0.05, 0) is 43.4 Å². The molecule has 0 spiro atoms. The van der Waals surface area contributed by atoms with E-state index in [9.17, 15) is 18.0 Å². The van der Waals surface area contributed by atoms with Crippen LogP contribution >= 0.6 is 0 Å². The van der Waals surface area contributed by atoms with Crippen LogP contribution in [-0.4, -0.2) is 23.5 Å². The predicted molar refractivity (Wildman–Crippen MR) is 89.8 cm³/mol. The largest absolute Gasteiger partial charge is 0.322 e. The van der Waals surface area contributed by atoms with Gasteiger partial charge in [0.2, 0.25) is 0 Å². The topological polar surface area (TPSA) is 32.3 Å². The lowest BCUT2D eigenvalue weighted by Crippen LogP contribution is -2.47. The fourth-order valence-electron chi connectivity index (χ4n) is 3.18. The lowest BCUT2D eigenvalue weighted by molar-refractivity contribution is 0.162. The molecule has 1 aliphatic heterocycles. The molecule has 1 unspecified atom stereocenters. The van der Waals surface area contributed by atoms with E-state index in [1.165, 1.54) is 0 Å². The molecule has 1 saturated heterocycles. The van der Waals surface area contributed by atoms with Gasteiger partial charge in [0.1, 0.15) is 0 Å². The van der Waals surface area contributed by atoms with Gasteiger partial charge in [-0.25, -0.2) is 18.0 Å². The third-order valence-electron chi connectivity index (χ3n) is 4.48. The first-order valence-electron chi connectivity index (χ1n) is 8.31. The molecule has 0 radical (unpaired) electrons. The van der Waals surface area contributed by atoms with Gasteiger partial charge in [-0.1, -0.05) is 30.3 Å². The number of carbonyl (C=O) groups excluding carboxylic acids is 1. The maximum absolute atomic E-state index is 13.8. The quantitative estimate of drug-likeness (QED) is 0.799. The van der Waals surface area contributed by atoms with E-state index >= 15 is 0 Å². The normalized spacial score (nSPS) is 17.4. The van der Waals surface area contributed by atoms with Gasteiger partial charge in [-0.15, -0.1) is 0 Å². The molecule has 1 aliphatic rings. The number of halogens is 3. The number of likely N-dealkylation sites (tertiary alicyclic amines) is 1. The van der Waals surface area contributed by atoms with Crippen molar-refractivity contribution < 1.29 is 18.0 Å². The number of nitrogens with one attached hydrogen (secondary N) is 1. The van der Waals surface area contributed by atoms with Crippen molar-refractivity contribution in [2.45, 2.75) is 31.7 Å². The van der Waals surface area contributed by atoms with Crippen LogP contribution in [0.2, 0.25) is 0 Å². The van der Waals surface area contributed by atoms with Crippen molar-refractivity contribution in [3.05, 3.63) is 65.5 Å². The molecular weight excluding hydrogens is 329 g/mol. The molecule has 2 amide bonds. The van der Waals surface area contributed by atoms with E-state index in [0.29, 0.717) is 13.0 Å². The number of hydrogen-bond acceptors (Lipinski definition) is 1. The van der Waals surface area contributed by atoms with E-state index in [1.807, 2.05) is 30.3 Å². The maximum Gasteiger partial charge on any atom is 0.322 e. The molecule has 0 aliphatic carbocycles. The van der Waals surface area contributed by atoms with E-state index in [2.05, 4.69) is 5.32 Å². The summed E-state index contributed by atoms with van der Waals surface area (Å²) in [5, 5.41) is 2.37. The molecule has 6 heteroatoms. The summed E-state index contributed by atoms with van der Waals surface area (Å²) in [5.41, 5.74) is 0.763. The Balaban J connectivity index is 1.74. The zero-order valence-electron chi connectivity index (χ0n) is 13.6. The van der Waals surface area contributed by atoms with Gasteiger partial charge in [0.05, 0.1) is 5.69 Å². The minimum Gasteiger partial charge on any atom is -0.321 e. The van der Waals surface area contributed by atoms with E-state index in [-0.39, 0.29) is 11.7 Å². The van der Waals surface area contributed by atoms with Gasteiger partial charge < -0.3 is 10.2 Å². The third kappa shape index (κ3) is 3.95. The molecule has 2 aromatic carbocycles. The number of anilines is 1. The van der Waals surface area contributed by atoms with E-state index in [1.54, 1.807) is 4.90 Å². The van der Waals surface area contributed by atoms with Crippen LogP contribution in [0.25, 0.3) is 0 Å². The fraction of sp³-hybridized carbons (Fsp3) is 0.316. The molecule has 0 aromatic heterocycles. The molecule has 0 saturated carbocycles. The predicted octanol–water partition coefficient (Wildman–Crippen LogP) is 4.73. The number of hydrogen-bond donors (Lipinski definition) is 1. The molecule has 1 heterocycles. The maximum atomic E-state index is 13.8. The number of carbonyl (C=O) groups is 1. The van der Waals surface area contributed by atoms with Crippen molar-refractivity contribution in [3.8, 4) is 0 Å². The average Bonchev–Trinajstić information content (AvgIpc) is 2.63. The highest BCUT2D eigenvalue weighted by Crippen LogP contribution is 2.24. The van der Waals surface area contributed by atoms with Crippen LogP contribution < -0.4 is 5.32 Å². The van der Waals surface area contributed by atoms with Crippen LogP contribution in [-0.2, 0) is 6.42 Å². The number of urea groups is 1. The summed E-state index contributed by atoms with van der Waals surface area (Å²) >= 11 is 0. The highest BCUT2D eigenvalue weighted by atomic mass is 19.2. The Labute approximate surface area is 144 Å². The van der Waals surface area contributed by atoms with Gasteiger partial charge in [-0.3, -0.25) is 0 Å². The number of benzene rings is 2. The van der Waals surface area contributed by atoms with Crippen LogP contribution in [0.15, 0.2) is 42.5 Å². The van der Waals surface area contributed by atoms with Crippen LogP contribution in [0, 0.1) is 17.5 Å². The van der Waals surface area contributed by atoms with Crippen LogP contribution in [0.4, 0.5) is 23.7 Å². The van der Waals surface area contributed by atoms with Crippen molar-refractivity contribution >= 4 is 11.7 Å². The third-order valence-corrected chi connectivity index (χ3v) is 4.48. The number of nitrogens with zero attached hydrogens (tertiary/aromatic N) is 1. The van der Waals surface area contributed by atoms with Gasteiger partial charge in [0.15, 0.2) is 17.5 Å². The van der Waals surface area contributed by atoms with Gasteiger partial charge in [-0.2, -0.15) is 0 Å². The summed E-state index contributed by atoms with van der Waals surface area (Å²) in [5.74, 6) is -4.25. The highest BCUT2D eigenvalue weighted by Gasteiger charge is 2.27. The van der Waals surface area contributed by atoms with E-state index in [4.69, 9.17) is 0 Å². The lowest BCUT2D eigenvalue weighted by Gasteiger charge is -2.36. The van der Waals surface area contributed by atoms with Gasteiger partial charge >= 0.3 is 6.03 Å². The Morgan fingerprint density at radius 3 is 2.56 bits per heavy atom. The Hall–Kier alpha value is -2.50. The zero-order valence-corrected chi connectivity index (χ0v) is 13.6. The first kappa shape index (κ1) is 17.3. The first-order valence-corrected chi connectivity index (χ1v) is 8.31. The molecular formula is C19H19F3N2O. The second-order valence-electron chi connectivity index (χ2n) is 6.19. The highest BCUT2D eigenvalue weighted by molar-refractivity contribution is 5.89. The molecule has 25 heavy (non-hydrogen) atoms. The average molecular weight is 348 g/mol. The zero-order chi connectivity index (χ0) is 17.8. The Bertz CT molecular complexity index is 752. The monoisotopic (exact) mass is 348 g/mol. The molecule has 3 rings (SSSR count). The number of rotatable bonds is 3. The fourth-order valence-corrected chi connectivity index (χ4v) is 3.18. The summed E-state index contributed by atoms with van der Waals surface area (Å²) in [4.78, 5) is 14.2. The van der Waals surface area contributed by atoms with Crippen molar-refractivity contribution in [2.24, 2.45) is 0 Å². The molecule has 2 aromatic rings. The lowest BCUT2D eigenvalue weighted by atomic mass is 9.96. The van der Waals surface area contributed by atoms with Crippen LogP contribution in [0.1, 0.15) is 24.8 Å². The van der Waals surface area contributed by atoms with Crippen LogP contribution in [0.5, 0.6) is 0 Å². The standard InChI is InChI=1S/C19H19F3N2O/c20-15-9-10-16(18(22)17(15)21)23-19(25)24-11-5-4-8-14(24)12-13-6-2-1-3-7-13/h1-3,6-7,9-10,14H,4-5,8,11-12H2,(H,23,25). The summed E-state index contributed by atoms with van der Waals surface area (Å²) in [6.45, 7) is 0.550. The second-order valence-corrected chi connectivity index (χ2v) is 6.19. The molecule has 1 atom stereocenters. The molecule has 3 nitrogen and oxygen atoms in total. The smallest absolute Gasteiger partial charge is 0.321 e. The molecule has 1 fully saturated rings. The Morgan fingerprint density at radius 1 is 1.04 bits per heavy atom. The number of piperidine rings is 1. The summed E-state index contributed by atoms with van der Waals surface area (Å²) < 4.78 is 40.1. The first-order chi connectivity index (χ1) is 12.1. The van der Waals surface area contributed by atoms with Crippen molar-refractivity contribution in [1.82, 2.24) is 4.90 Å². The van der Waals surface area contributed by atoms with Crippen molar-refractivity contribution in [2.75, 3.05) is 11.9 Å². The number of amides is 2. The van der Waals surface area contributed by atoms with E-state index < -0.39 is 23.5 Å². The summed E-state index contributed by atoms with van der Waals surface area (Å²) in [6, 6.07) is 11.1.